The molecule has 0 fully saturated rings. The first-order chi connectivity index (χ1) is 14.4. The summed E-state index contributed by atoms with van der Waals surface area (Å²) in [6.45, 7) is 6.94. The van der Waals surface area contributed by atoms with Crippen molar-refractivity contribution in [3.05, 3.63) is 84.9 Å². The Labute approximate surface area is 175 Å². The molecule has 0 atom stereocenters. The van der Waals surface area contributed by atoms with Crippen molar-refractivity contribution < 1.29 is 30.8 Å². The Balaban J connectivity index is 2.13. The first-order valence-corrected chi connectivity index (χ1v) is 10.0. The number of amides is 1. The van der Waals surface area contributed by atoms with Crippen LogP contribution in [0.15, 0.2) is 84.2 Å². The number of nitrogens with zero attached hydrogens (tertiary/aromatic N) is 1. The summed E-state index contributed by atoms with van der Waals surface area (Å²) >= 11 is 0. The molecular weight excluding hydrogens is 438 g/mol. The van der Waals surface area contributed by atoms with Gasteiger partial charge in [0.1, 0.15) is 11.6 Å². The molecule has 1 amide bonds. The van der Waals surface area contributed by atoms with Gasteiger partial charge in [0, 0.05) is 18.4 Å². The number of pyridine rings is 1. The number of anilines is 2. The van der Waals surface area contributed by atoms with E-state index in [9.17, 15) is 30.8 Å². The molecule has 2 rings (SSSR count). The number of benzene rings is 1. The molecule has 0 bridgehead atoms. The van der Waals surface area contributed by atoms with Crippen molar-refractivity contribution >= 4 is 27.2 Å². The van der Waals surface area contributed by atoms with Crippen LogP contribution in [0.4, 0.5) is 29.1 Å². The summed E-state index contributed by atoms with van der Waals surface area (Å²) < 4.78 is 73.3. The standard InChI is InChI=1S/C20H17F4N3O3S/c1-13(5-6-14(2)21)12-26-18-17(4-3-11-25-18)19(28)27-15-7-9-16(10-8-15)31(29,30)20(22,23)24/h3-11H,1-2,12H2,(H,25,26)(H,27,28)/b6-5-. The predicted octanol–water partition coefficient (Wildman–Crippen LogP) is 4.63. The third-order valence-electron chi connectivity index (χ3n) is 3.76. The van der Waals surface area contributed by atoms with Crippen LogP contribution in [0.25, 0.3) is 0 Å². The fourth-order valence-corrected chi connectivity index (χ4v) is 3.00. The van der Waals surface area contributed by atoms with Gasteiger partial charge in [-0.15, -0.1) is 0 Å². The molecule has 0 saturated carbocycles. The highest BCUT2D eigenvalue weighted by Gasteiger charge is 2.46. The van der Waals surface area contributed by atoms with Crippen molar-refractivity contribution in [2.24, 2.45) is 0 Å². The Kier molecular flexibility index (Phi) is 7.34. The number of sulfone groups is 1. The average molecular weight is 455 g/mol. The van der Waals surface area contributed by atoms with Gasteiger partial charge in [0.2, 0.25) is 0 Å². The maximum atomic E-state index is 12.7. The van der Waals surface area contributed by atoms with Crippen molar-refractivity contribution in [3.8, 4) is 0 Å². The number of rotatable bonds is 8. The maximum absolute atomic E-state index is 12.7. The number of carbonyl (C=O) groups is 1. The summed E-state index contributed by atoms with van der Waals surface area (Å²) in [6.07, 6.45) is 3.95. The van der Waals surface area contributed by atoms with Crippen LogP contribution in [-0.2, 0) is 9.84 Å². The average Bonchev–Trinajstić information content (AvgIpc) is 2.70. The fraction of sp³-hybridized carbons (Fsp3) is 0.100. The molecule has 6 nitrogen and oxygen atoms in total. The largest absolute Gasteiger partial charge is 0.501 e. The van der Waals surface area contributed by atoms with E-state index < -0.39 is 32.0 Å². The normalized spacial score (nSPS) is 11.9. The second kappa shape index (κ2) is 9.56. The Morgan fingerprint density at radius 2 is 1.74 bits per heavy atom. The summed E-state index contributed by atoms with van der Waals surface area (Å²) in [5.41, 5.74) is -4.75. The number of carbonyl (C=O) groups excluding carboxylic acids is 1. The molecule has 0 aliphatic heterocycles. The number of hydrogen-bond acceptors (Lipinski definition) is 5. The highest BCUT2D eigenvalue weighted by atomic mass is 32.2. The zero-order valence-electron chi connectivity index (χ0n) is 15.9. The van der Waals surface area contributed by atoms with Crippen molar-refractivity contribution in [1.29, 1.82) is 0 Å². The van der Waals surface area contributed by atoms with E-state index in [4.69, 9.17) is 0 Å². The zero-order chi connectivity index (χ0) is 23.2. The molecular formula is C20H17F4N3O3S. The number of allylic oxidation sites excluding steroid dienone is 2. The Morgan fingerprint density at radius 3 is 2.32 bits per heavy atom. The van der Waals surface area contributed by atoms with Gasteiger partial charge in [0.15, 0.2) is 0 Å². The van der Waals surface area contributed by atoms with E-state index in [2.05, 4.69) is 28.8 Å². The highest BCUT2D eigenvalue weighted by Crippen LogP contribution is 2.30. The van der Waals surface area contributed by atoms with E-state index in [0.717, 1.165) is 30.3 Å². The number of hydrogen-bond donors (Lipinski definition) is 2. The van der Waals surface area contributed by atoms with E-state index in [0.29, 0.717) is 5.57 Å². The lowest BCUT2D eigenvalue weighted by Gasteiger charge is -2.12. The smallest absolute Gasteiger partial charge is 0.365 e. The molecule has 164 valence electrons. The monoisotopic (exact) mass is 455 g/mol. The number of nitrogens with one attached hydrogen (secondary N) is 2. The van der Waals surface area contributed by atoms with Crippen LogP contribution in [0.2, 0.25) is 0 Å². The van der Waals surface area contributed by atoms with E-state index in [1.165, 1.54) is 24.4 Å². The molecule has 2 aromatic rings. The molecule has 11 heteroatoms. The van der Waals surface area contributed by atoms with Crippen LogP contribution in [-0.4, -0.2) is 31.4 Å². The minimum atomic E-state index is -5.48. The van der Waals surface area contributed by atoms with Gasteiger partial charge in [-0.3, -0.25) is 4.79 Å². The highest BCUT2D eigenvalue weighted by molar-refractivity contribution is 7.92. The summed E-state index contributed by atoms with van der Waals surface area (Å²) in [4.78, 5) is 15.7. The quantitative estimate of drug-likeness (QED) is 0.448. The van der Waals surface area contributed by atoms with Crippen LogP contribution in [0, 0.1) is 0 Å². The van der Waals surface area contributed by atoms with Crippen molar-refractivity contribution in [3.63, 3.8) is 0 Å². The third-order valence-corrected chi connectivity index (χ3v) is 5.26. The van der Waals surface area contributed by atoms with Crippen LogP contribution < -0.4 is 10.6 Å². The van der Waals surface area contributed by atoms with E-state index in [1.807, 2.05) is 0 Å². The maximum Gasteiger partial charge on any atom is 0.501 e. The molecule has 0 saturated heterocycles. The van der Waals surface area contributed by atoms with E-state index in [1.54, 1.807) is 0 Å². The Hall–Kier alpha value is -3.47. The van der Waals surface area contributed by atoms with Crippen molar-refractivity contribution in [2.45, 2.75) is 10.4 Å². The van der Waals surface area contributed by atoms with Gasteiger partial charge in [0.05, 0.1) is 10.5 Å². The van der Waals surface area contributed by atoms with E-state index in [-0.39, 0.29) is 23.6 Å². The van der Waals surface area contributed by atoms with Crippen LogP contribution in [0.5, 0.6) is 0 Å². The third kappa shape index (κ3) is 6.25. The topological polar surface area (TPSA) is 88.2 Å². The summed E-state index contributed by atoms with van der Waals surface area (Å²) in [5, 5.41) is 5.32. The number of alkyl halides is 3. The number of halogens is 4. The number of aromatic nitrogens is 1. The second-order valence-electron chi connectivity index (χ2n) is 6.12. The molecule has 1 aromatic carbocycles. The van der Waals surface area contributed by atoms with Crippen molar-refractivity contribution in [1.82, 2.24) is 4.98 Å². The summed E-state index contributed by atoms with van der Waals surface area (Å²) in [6, 6.07) is 6.52. The second-order valence-corrected chi connectivity index (χ2v) is 8.06. The molecule has 0 aliphatic rings. The molecule has 0 radical (unpaired) electrons. The summed E-state index contributed by atoms with van der Waals surface area (Å²) in [5.74, 6) is -1.10. The van der Waals surface area contributed by atoms with Gasteiger partial charge < -0.3 is 10.6 Å². The van der Waals surface area contributed by atoms with Gasteiger partial charge in [-0.25, -0.2) is 17.8 Å². The molecule has 31 heavy (non-hydrogen) atoms. The minimum absolute atomic E-state index is 0.0785. The van der Waals surface area contributed by atoms with Gasteiger partial charge >= 0.3 is 5.51 Å². The van der Waals surface area contributed by atoms with Gasteiger partial charge in [-0.2, -0.15) is 13.2 Å². The zero-order valence-corrected chi connectivity index (χ0v) is 16.7. The molecule has 1 aromatic heterocycles. The molecule has 1 heterocycles. The predicted molar refractivity (Wildman–Crippen MR) is 109 cm³/mol. The van der Waals surface area contributed by atoms with Gasteiger partial charge in [0.25, 0.3) is 15.7 Å². The van der Waals surface area contributed by atoms with Gasteiger partial charge in [-0.05, 0) is 48.0 Å². The lowest BCUT2D eigenvalue weighted by Crippen LogP contribution is -2.23. The van der Waals surface area contributed by atoms with Crippen LogP contribution in [0.3, 0.4) is 0 Å². The fourth-order valence-electron chi connectivity index (χ4n) is 2.24. The molecule has 2 N–H and O–H groups in total. The van der Waals surface area contributed by atoms with Crippen LogP contribution >= 0.6 is 0 Å². The van der Waals surface area contributed by atoms with Gasteiger partial charge in [-0.1, -0.05) is 19.2 Å². The lowest BCUT2D eigenvalue weighted by atomic mass is 10.2. The van der Waals surface area contributed by atoms with E-state index >= 15 is 0 Å². The SMILES string of the molecule is C=C(F)/C=C\C(=C)CNc1ncccc1C(=O)Nc1ccc(S(=O)(=O)C(F)(F)F)cc1. The Morgan fingerprint density at radius 1 is 1.10 bits per heavy atom. The van der Waals surface area contributed by atoms with Crippen molar-refractivity contribution in [2.75, 3.05) is 17.2 Å². The molecule has 0 unspecified atom stereocenters. The summed E-state index contributed by atoms with van der Waals surface area (Å²) in [7, 11) is -5.48. The Bertz CT molecular complexity index is 1130. The molecule has 0 spiro atoms. The lowest BCUT2D eigenvalue weighted by molar-refractivity contribution is -0.0436. The molecule has 0 aliphatic carbocycles. The minimum Gasteiger partial charge on any atom is -0.365 e. The first kappa shape index (κ1) is 23.8. The van der Waals surface area contributed by atoms with Crippen LogP contribution in [0.1, 0.15) is 10.4 Å². The first-order valence-electron chi connectivity index (χ1n) is 8.54.